The lowest BCUT2D eigenvalue weighted by Gasteiger charge is -2.45. The lowest BCUT2D eigenvalue weighted by atomic mass is 9.61. The number of aromatic amines is 1. The molecule has 1 aromatic carbocycles. The largest absolute Gasteiger partial charge is 0.464 e. The molecule has 1 saturated heterocycles. The third kappa shape index (κ3) is 11.7. The number of piperazine rings is 1. The van der Waals surface area contributed by atoms with Crippen LogP contribution in [0.4, 0.5) is 0 Å². The van der Waals surface area contributed by atoms with Crippen molar-refractivity contribution in [2.24, 2.45) is 17.3 Å². The fraction of sp³-hybridized carbons (Fsp3) is 0.526. The van der Waals surface area contributed by atoms with E-state index in [0.29, 0.717) is 24.3 Å². The summed E-state index contributed by atoms with van der Waals surface area (Å²) in [5.41, 5.74) is 2.38. The van der Waals surface area contributed by atoms with Crippen LogP contribution in [0.15, 0.2) is 81.8 Å². The maximum atomic E-state index is 12.8. The van der Waals surface area contributed by atoms with Gasteiger partial charge in [0.25, 0.3) is 9.84 Å². The van der Waals surface area contributed by atoms with Crippen molar-refractivity contribution in [1.29, 1.82) is 0 Å². The Morgan fingerprint density at radius 3 is 2.40 bits per heavy atom. The molecule has 4 rings (SSSR count). The highest BCUT2D eigenvalue weighted by atomic mass is 35.5. The summed E-state index contributed by atoms with van der Waals surface area (Å²) in [5.74, 6) is 5.04. The number of rotatable bonds is 18. The second-order valence-electron chi connectivity index (χ2n) is 13.6. The van der Waals surface area contributed by atoms with Crippen molar-refractivity contribution in [2.75, 3.05) is 65.0 Å². The minimum Gasteiger partial charge on any atom is -0.464 e. The molecule has 2 aliphatic rings. The van der Waals surface area contributed by atoms with Crippen LogP contribution in [0.25, 0.3) is 0 Å². The number of carbonyl (C=O) groups excluding carboxylic acids is 2. The fourth-order valence-corrected chi connectivity index (χ4v) is 8.17. The maximum absolute atomic E-state index is 12.8. The normalized spacial score (nSPS) is 20.8. The van der Waals surface area contributed by atoms with Crippen LogP contribution in [0.3, 0.4) is 0 Å². The molecule has 2 heterocycles. The van der Waals surface area contributed by atoms with E-state index in [-0.39, 0.29) is 60.0 Å². The molecule has 3 atom stereocenters. The third-order valence-electron chi connectivity index (χ3n) is 9.99. The van der Waals surface area contributed by atoms with Crippen molar-refractivity contribution < 1.29 is 41.4 Å². The number of nitrogens with zero attached hydrogens (tertiary/aromatic N) is 3. The molecule has 1 aliphatic heterocycles. The molecular weight excluding hydrogens is 724 g/mol. The molecule has 0 amide bonds. The second-order valence-corrected chi connectivity index (χ2v) is 15.7. The standard InChI is InChI=1S/C38H50ClN4O9S/c1-5-38(4)17-16-31(26-33(38)29(2)27-39)30(3)28-42-20-18-41(19-21-42)22-25-50-35(45)15-11-14-34(44)49-23-9-10-24-51-36-37(43(46)52-40-36)53(47,48)32-12-7-6-8-13-32/h5-8,12-13,31,33,40H,1-3,11,14-28H2,4H3/q+1/t31-,33+,38-/m1/s1. The number of hydrogen-bond donors (Lipinski definition) is 1. The first-order chi connectivity index (χ1) is 25.4. The maximum Gasteiger partial charge on any atom is 0.404 e. The second kappa shape index (κ2) is 19.8. The highest BCUT2D eigenvalue weighted by Crippen LogP contribution is 2.49. The van der Waals surface area contributed by atoms with E-state index in [4.69, 9.17) is 25.8 Å². The van der Waals surface area contributed by atoms with Crippen LogP contribution in [0.2, 0.25) is 0 Å². The lowest BCUT2D eigenvalue weighted by molar-refractivity contribution is -0.744. The molecule has 1 saturated carbocycles. The topological polar surface area (TPSA) is 154 Å². The van der Waals surface area contributed by atoms with Crippen LogP contribution >= 0.6 is 11.6 Å². The van der Waals surface area contributed by atoms with Crippen LogP contribution in [-0.2, 0) is 28.9 Å². The van der Waals surface area contributed by atoms with Gasteiger partial charge in [0.2, 0.25) is 4.60 Å². The number of benzene rings is 1. The van der Waals surface area contributed by atoms with E-state index in [1.165, 1.54) is 29.8 Å². The first-order valence-corrected chi connectivity index (χ1v) is 19.7. The van der Waals surface area contributed by atoms with Gasteiger partial charge < -0.3 is 14.2 Å². The van der Waals surface area contributed by atoms with Gasteiger partial charge in [-0.25, -0.2) is 8.42 Å². The average Bonchev–Trinajstić information content (AvgIpc) is 3.54. The molecule has 2 fully saturated rings. The number of aromatic nitrogens is 2. The lowest BCUT2D eigenvalue weighted by Crippen LogP contribution is -2.48. The Hall–Kier alpha value is -4.16. The Labute approximate surface area is 316 Å². The van der Waals surface area contributed by atoms with E-state index in [1.807, 2.05) is 0 Å². The SMILES string of the molecule is C=C[C@]1(C)CC[C@@H](C(=C)CN2CCN(CCOC(=O)CCCC(=O)OCC#CCOc3[nH]o[n+](=O)c3S(=O)(=O)c3ccccc3)CC2)C[C@H]1C(=C)CCl. The number of alkyl halides is 1. The highest BCUT2D eigenvalue weighted by molar-refractivity contribution is 7.91. The van der Waals surface area contributed by atoms with Crippen molar-refractivity contribution in [3.63, 3.8) is 0 Å². The predicted octanol–water partition coefficient (Wildman–Crippen LogP) is 4.57. The molecule has 0 spiro atoms. The minimum absolute atomic E-state index is 0.0191. The van der Waals surface area contributed by atoms with Gasteiger partial charge >= 0.3 is 22.8 Å². The summed E-state index contributed by atoms with van der Waals surface area (Å²) >= 11 is 6.18. The number of sulfone groups is 1. The van der Waals surface area contributed by atoms with Gasteiger partial charge in [-0.2, -0.15) is 0 Å². The first-order valence-electron chi connectivity index (χ1n) is 17.7. The molecule has 15 heteroatoms. The molecule has 2 aromatic rings. The zero-order chi connectivity index (χ0) is 38.4. The predicted molar refractivity (Wildman–Crippen MR) is 198 cm³/mol. The number of ether oxygens (including phenoxy) is 3. The van der Waals surface area contributed by atoms with Crippen LogP contribution in [0.1, 0.15) is 45.4 Å². The minimum atomic E-state index is -4.22. The Kier molecular flexibility index (Phi) is 15.5. The molecule has 1 N–H and O–H groups in total. The summed E-state index contributed by atoms with van der Waals surface area (Å²) in [6.07, 6.45) is 5.62. The fourth-order valence-electron chi connectivity index (χ4n) is 6.67. The van der Waals surface area contributed by atoms with E-state index in [1.54, 1.807) is 6.07 Å². The number of esters is 2. The number of hydrogen-bond acceptors (Lipinski definition) is 11. The third-order valence-corrected chi connectivity index (χ3v) is 12.1. The highest BCUT2D eigenvalue weighted by Gasteiger charge is 2.40. The summed E-state index contributed by atoms with van der Waals surface area (Å²) in [6.45, 7) is 19.9. The van der Waals surface area contributed by atoms with Gasteiger partial charge in [-0.15, -0.1) is 18.2 Å². The molecule has 288 valence electrons. The van der Waals surface area contributed by atoms with Crippen LogP contribution in [0.5, 0.6) is 5.88 Å². The average molecular weight is 774 g/mol. The first kappa shape index (κ1) is 41.6. The summed E-state index contributed by atoms with van der Waals surface area (Å²) < 4.78 is 45.6. The van der Waals surface area contributed by atoms with Gasteiger partial charge in [0.05, 0.1) is 4.90 Å². The molecule has 1 aromatic heterocycles. The molecule has 0 bridgehead atoms. The van der Waals surface area contributed by atoms with E-state index in [9.17, 15) is 22.9 Å². The van der Waals surface area contributed by atoms with Gasteiger partial charge in [0.15, 0.2) is 13.2 Å². The monoisotopic (exact) mass is 773 g/mol. The Bertz CT molecular complexity index is 1820. The smallest absolute Gasteiger partial charge is 0.404 e. The van der Waals surface area contributed by atoms with Gasteiger partial charge in [-0.3, -0.25) is 19.4 Å². The molecular formula is C38H50ClN4O9S+. The molecule has 53 heavy (non-hydrogen) atoms. The van der Waals surface area contributed by atoms with Crippen molar-refractivity contribution in [3.8, 4) is 17.7 Å². The van der Waals surface area contributed by atoms with Gasteiger partial charge in [0, 0.05) is 58.0 Å². The van der Waals surface area contributed by atoms with Crippen molar-refractivity contribution in [3.05, 3.63) is 72.2 Å². The van der Waals surface area contributed by atoms with Gasteiger partial charge in [-0.05, 0) is 65.1 Å². The van der Waals surface area contributed by atoms with Crippen LogP contribution < -0.4 is 9.34 Å². The van der Waals surface area contributed by atoms with Gasteiger partial charge in [0.1, 0.15) is 6.61 Å². The summed E-state index contributed by atoms with van der Waals surface area (Å²) in [4.78, 5) is 40.8. The molecule has 1 aliphatic carbocycles. The Balaban J connectivity index is 1.05. The Morgan fingerprint density at radius 1 is 1.06 bits per heavy atom. The Morgan fingerprint density at radius 2 is 1.72 bits per heavy atom. The zero-order valence-electron chi connectivity index (χ0n) is 30.4. The quantitative estimate of drug-likeness (QED) is 0.0981. The van der Waals surface area contributed by atoms with Crippen LogP contribution in [0, 0.1) is 34.0 Å². The number of H-pyrrole nitrogens is 1. The van der Waals surface area contributed by atoms with Gasteiger partial charge in [-0.1, -0.05) is 72.0 Å². The van der Waals surface area contributed by atoms with Crippen LogP contribution in [-0.4, -0.2) is 100 Å². The van der Waals surface area contributed by atoms with Crippen molar-refractivity contribution in [2.45, 2.75) is 55.4 Å². The summed E-state index contributed by atoms with van der Waals surface area (Å²) in [7, 11) is -4.22. The summed E-state index contributed by atoms with van der Waals surface area (Å²) in [6, 6.07) is 7.34. The van der Waals surface area contributed by atoms with Crippen molar-refractivity contribution in [1.82, 2.24) is 15.0 Å². The van der Waals surface area contributed by atoms with E-state index in [2.05, 4.69) is 64.2 Å². The zero-order valence-corrected chi connectivity index (χ0v) is 31.9. The number of nitrogens with one attached hydrogen (secondary N) is 1. The molecule has 13 nitrogen and oxygen atoms in total. The number of halogens is 1. The summed E-state index contributed by atoms with van der Waals surface area (Å²) in [5, 5.41) is 1.37. The molecule has 0 unspecified atom stereocenters. The van der Waals surface area contributed by atoms with E-state index < -0.39 is 26.7 Å². The number of carbonyl (C=O) groups is 2. The van der Waals surface area contributed by atoms with Crippen molar-refractivity contribution >= 4 is 33.4 Å². The number of allylic oxidation sites excluding steroid dienone is 2. The molecule has 0 radical (unpaired) electrons. The van der Waals surface area contributed by atoms with E-state index >= 15 is 0 Å². The van der Waals surface area contributed by atoms with E-state index in [0.717, 1.165) is 57.6 Å².